The summed E-state index contributed by atoms with van der Waals surface area (Å²) in [6.07, 6.45) is -2.98. The van der Waals surface area contributed by atoms with Crippen LogP contribution in [-0.4, -0.2) is 40.3 Å². The van der Waals surface area contributed by atoms with Crippen LogP contribution in [0, 0.1) is 0 Å². The van der Waals surface area contributed by atoms with E-state index in [9.17, 15) is 19.0 Å². The Hall–Kier alpha value is -1.89. The van der Waals surface area contributed by atoms with Gasteiger partial charge in [-0.3, -0.25) is 13.9 Å². The van der Waals surface area contributed by atoms with Crippen LogP contribution < -0.4 is 4.74 Å². The lowest BCUT2D eigenvalue weighted by Gasteiger charge is -2.18. The number of carbonyl (C=O) groups is 2. The highest BCUT2D eigenvalue weighted by Crippen LogP contribution is 2.48. The molecule has 1 aromatic rings. The maximum atomic E-state index is 12.1. The third-order valence-electron chi connectivity index (χ3n) is 2.75. The number of benzene rings is 1. The molecule has 0 bridgehead atoms. The van der Waals surface area contributed by atoms with Crippen molar-refractivity contribution in [1.82, 2.24) is 0 Å². The van der Waals surface area contributed by atoms with Crippen LogP contribution in [0.4, 0.5) is 0 Å². The highest BCUT2D eigenvalue weighted by atomic mass is 31.2. The monoisotopic (exact) mass is 332 g/mol. The van der Waals surface area contributed by atoms with Crippen LogP contribution >= 0.6 is 7.60 Å². The maximum Gasteiger partial charge on any atom is 0.333 e. The molecule has 2 atom stereocenters. The number of para-hydroxylation sites is 1. The zero-order valence-corrected chi connectivity index (χ0v) is 12.7. The van der Waals surface area contributed by atoms with Gasteiger partial charge in [0, 0.05) is 12.0 Å². The Labute approximate surface area is 126 Å². The van der Waals surface area contributed by atoms with Gasteiger partial charge in [0.05, 0.1) is 13.3 Å². The molecule has 0 saturated carbocycles. The van der Waals surface area contributed by atoms with Gasteiger partial charge in [0.1, 0.15) is 5.75 Å². The Morgan fingerprint density at radius 2 is 1.91 bits per heavy atom. The molecule has 0 aliphatic carbocycles. The number of ether oxygens (including phenoxy) is 1. The summed E-state index contributed by atoms with van der Waals surface area (Å²) in [6, 6.07) is 6.46. The second kappa shape index (κ2) is 7.93. The molecule has 3 N–H and O–H groups in total. The number of carboxylic acids is 2. The van der Waals surface area contributed by atoms with Crippen LogP contribution in [0.2, 0.25) is 0 Å². The van der Waals surface area contributed by atoms with Crippen LogP contribution in [0.1, 0.15) is 18.4 Å². The minimum Gasteiger partial charge on any atom is -0.496 e. The van der Waals surface area contributed by atoms with E-state index in [1.54, 1.807) is 24.3 Å². The number of hydrogen-bond donors (Lipinski definition) is 3. The third kappa shape index (κ3) is 5.85. The molecule has 0 saturated heterocycles. The van der Waals surface area contributed by atoms with Crippen LogP contribution in [0.25, 0.3) is 0 Å². The molecule has 0 aliphatic heterocycles. The van der Waals surface area contributed by atoms with E-state index in [4.69, 9.17) is 19.5 Å². The Balaban J connectivity index is 2.81. The average Bonchev–Trinajstić information content (AvgIpc) is 2.43. The largest absolute Gasteiger partial charge is 0.496 e. The lowest BCUT2D eigenvalue weighted by Crippen LogP contribution is -2.24. The molecule has 22 heavy (non-hydrogen) atoms. The predicted molar refractivity (Wildman–Crippen MR) is 75.9 cm³/mol. The fourth-order valence-corrected chi connectivity index (χ4v) is 3.12. The first-order valence-corrected chi connectivity index (χ1v) is 8.08. The highest BCUT2D eigenvalue weighted by Gasteiger charge is 2.31. The zero-order valence-electron chi connectivity index (χ0n) is 11.8. The Kier molecular flexibility index (Phi) is 6.55. The summed E-state index contributed by atoms with van der Waals surface area (Å²) in [6.45, 7) is 0. The van der Waals surface area contributed by atoms with Crippen molar-refractivity contribution < 1.29 is 38.5 Å². The second-order valence-corrected chi connectivity index (χ2v) is 6.27. The van der Waals surface area contributed by atoms with Crippen LogP contribution in [-0.2, 0) is 24.8 Å². The molecule has 0 fully saturated rings. The third-order valence-corrected chi connectivity index (χ3v) is 4.07. The molecule has 1 rings (SSSR count). The Morgan fingerprint density at radius 1 is 1.27 bits per heavy atom. The molecular weight excluding hydrogens is 315 g/mol. The zero-order chi connectivity index (χ0) is 16.8. The Bertz CT molecular complexity index is 585. The van der Waals surface area contributed by atoms with Gasteiger partial charge in [0.15, 0.2) is 6.10 Å². The van der Waals surface area contributed by atoms with E-state index in [-0.39, 0.29) is 0 Å². The van der Waals surface area contributed by atoms with Crippen molar-refractivity contribution in [2.45, 2.75) is 25.1 Å². The van der Waals surface area contributed by atoms with E-state index in [1.807, 2.05) is 0 Å². The van der Waals surface area contributed by atoms with Crippen molar-refractivity contribution in [2.24, 2.45) is 0 Å². The van der Waals surface area contributed by atoms with E-state index < -0.39 is 44.6 Å². The van der Waals surface area contributed by atoms with Gasteiger partial charge >= 0.3 is 19.5 Å². The molecule has 0 amide bonds. The normalized spacial score (nSPS) is 14.8. The first-order chi connectivity index (χ1) is 10.2. The molecule has 122 valence electrons. The van der Waals surface area contributed by atoms with Crippen molar-refractivity contribution in [3.63, 3.8) is 0 Å². The van der Waals surface area contributed by atoms with Gasteiger partial charge in [-0.25, -0.2) is 4.79 Å². The van der Waals surface area contributed by atoms with E-state index in [2.05, 4.69) is 0 Å². The minimum atomic E-state index is -4.28. The molecule has 0 heterocycles. The quantitative estimate of drug-likeness (QED) is 0.583. The van der Waals surface area contributed by atoms with Gasteiger partial charge in [-0.05, 0) is 12.5 Å². The van der Waals surface area contributed by atoms with Crippen molar-refractivity contribution in [3.05, 3.63) is 29.8 Å². The van der Waals surface area contributed by atoms with Crippen molar-refractivity contribution in [3.8, 4) is 5.75 Å². The smallest absolute Gasteiger partial charge is 0.333 e. The maximum absolute atomic E-state index is 12.1. The van der Waals surface area contributed by atoms with Crippen LogP contribution in [0.3, 0.4) is 0 Å². The number of methoxy groups -OCH3 is 1. The summed E-state index contributed by atoms with van der Waals surface area (Å²) in [5.74, 6) is -2.33. The van der Waals surface area contributed by atoms with Gasteiger partial charge < -0.3 is 19.8 Å². The number of aliphatic carboxylic acids is 2. The van der Waals surface area contributed by atoms with Gasteiger partial charge in [-0.1, -0.05) is 18.2 Å². The molecule has 0 spiro atoms. The van der Waals surface area contributed by atoms with Gasteiger partial charge in [-0.2, -0.15) is 0 Å². The van der Waals surface area contributed by atoms with E-state index in [1.165, 1.54) is 7.11 Å². The van der Waals surface area contributed by atoms with Gasteiger partial charge in [-0.15, -0.1) is 0 Å². The molecular formula is C13H17O8P. The highest BCUT2D eigenvalue weighted by molar-refractivity contribution is 7.52. The molecule has 1 aromatic carbocycles. The minimum absolute atomic E-state index is 0.373. The summed E-state index contributed by atoms with van der Waals surface area (Å²) in [5.41, 5.74) is 0.387. The molecule has 8 nitrogen and oxygen atoms in total. The molecule has 0 aliphatic rings. The fourth-order valence-electron chi connectivity index (χ4n) is 1.76. The van der Waals surface area contributed by atoms with E-state index in [0.717, 1.165) is 0 Å². The molecule has 2 unspecified atom stereocenters. The summed E-state index contributed by atoms with van der Waals surface area (Å²) in [5, 5.41) is 17.5. The van der Waals surface area contributed by atoms with E-state index >= 15 is 0 Å². The van der Waals surface area contributed by atoms with Crippen LogP contribution in [0.5, 0.6) is 5.75 Å². The number of rotatable bonds is 9. The summed E-state index contributed by atoms with van der Waals surface area (Å²) >= 11 is 0. The van der Waals surface area contributed by atoms with Crippen molar-refractivity contribution in [1.29, 1.82) is 0 Å². The SMILES string of the molecule is COc1ccccc1CP(=O)(O)OC(CCC(=O)O)C(=O)O. The molecule has 0 radical (unpaired) electrons. The summed E-state index contributed by atoms with van der Waals surface area (Å²) in [4.78, 5) is 31.3. The van der Waals surface area contributed by atoms with Gasteiger partial charge in [0.25, 0.3) is 0 Å². The van der Waals surface area contributed by atoms with Crippen molar-refractivity contribution >= 4 is 19.5 Å². The number of hydrogen-bond acceptors (Lipinski definition) is 5. The molecule has 9 heteroatoms. The lowest BCUT2D eigenvalue weighted by atomic mass is 10.2. The first-order valence-electron chi connectivity index (χ1n) is 6.32. The summed E-state index contributed by atoms with van der Waals surface area (Å²) < 4.78 is 21.9. The van der Waals surface area contributed by atoms with E-state index in [0.29, 0.717) is 11.3 Å². The first kappa shape index (κ1) is 18.2. The second-order valence-electron chi connectivity index (χ2n) is 4.47. The van der Waals surface area contributed by atoms with Crippen molar-refractivity contribution in [2.75, 3.05) is 7.11 Å². The summed E-state index contributed by atoms with van der Waals surface area (Å²) in [7, 11) is -2.88. The van der Waals surface area contributed by atoms with Crippen LogP contribution in [0.15, 0.2) is 24.3 Å². The average molecular weight is 332 g/mol. The Morgan fingerprint density at radius 3 is 2.45 bits per heavy atom. The predicted octanol–water partition coefficient (Wildman–Crippen LogP) is 1.72. The number of carboxylic acid groups (broad SMARTS) is 2. The topological polar surface area (TPSA) is 130 Å². The fraction of sp³-hybridized carbons (Fsp3) is 0.385. The molecule has 0 aromatic heterocycles. The van der Waals surface area contributed by atoms with Gasteiger partial charge in [0.2, 0.25) is 0 Å². The lowest BCUT2D eigenvalue weighted by molar-refractivity contribution is -0.146. The standard InChI is InChI=1S/C13H17O8P/c1-20-10-5-3-2-4-9(10)8-22(18,19)21-11(13(16)17)6-7-12(14)15/h2-5,11H,6-8H2,1H3,(H,14,15)(H,16,17)(H,18,19).